The maximum Gasteiger partial charge on any atom is 0.295 e. The molecule has 2 saturated heterocycles. The molecule has 8 heteroatoms. The molecule has 1 amide bonds. The van der Waals surface area contributed by atoms with Crippen LogP contribution in [0.2, 0.25) is 5.02 Å². The molecule has 0 saturated carbocycles. The highest BCUT2D eigenvalue weighted by Crippen LogP contribution is 2.42. The maximum absolute atomic E-state index is 13.1. The van der Waals surface area contributed by atoms with Gasteiger partial charge in [-0.15, -0.1) is 0 Å². The Labute approximate surface area is 191 Å². The van der Waals surface area contributed by atoms with E-state index in [2.05, 4.69) is 0 Å². The van der Waals surface area contributed by atoms with Gasteiger partial charge >= 0.3 is 0 Å². The third-order valence-corrected chi connectivity index (χ3v) is 6.06. The Morgan fingerprint density at radius 2 is 1.84 bits per heavy atom. The van der Waals surface area contributed by atoms with Crippen LogP contribution in [0.25, 0.3) is 5.76 Å². The van der Waals surface area contributed by atoms with Crippen LogP contribution in [0.15, 0.2) is 48.0 Å². The molecule has 4 rings (SSSR count). The summed E-state index contributed by atoms with van der Waals surface area (Å²) in [5, 5.41) is 11.6. The average Bonchev–Trinajstić information content (AvgIpc) is 3.41. The van der Waals surface area contributed by atoms with E-state index in [1.165, 1.54) is 19.1 Å². The van der Waals surface area contributed by atoms with Crippen molar-refractivity contribution in [1.29, 1.82) is 0 Å². The van der Waals surface area contributed by atoms with Gasteiger partial charge < -0.3 is 24.2 Å². The van der Waals surface area contributed by atoms with Gasteiger partial charge in [0.2, 0.25) is 0 Å². The van der Waals surface area contributed by atoms with Crippen LogP contribution in [0.1, 0.15) is 30.0 Å². The number of amides is 1. The minimum absolute atomic E-state index is 0.0162. The van der Waals surface area contributed by atoms with Gasteiger partial charge in [0.15, 0.2) is 11.5 Å². The predicted molar refractivity (Wildman–Crippen MR) is 119 cm³/mol. The van der Waals surface area contributed by atoms with Gasteiger partial charge in [0, 0.05) is 23.7 Å². The molecule has 2 aliphatic rings. The Morgan fingerprint density at radius 1 is 1.12 bits per heavy atom. The molecule has 0 aliphatic carbocycles. The molecule has 168 valence electrons. The lowest BCUT2D eigenvalue weighted by molar-refractivity contribution is -0.140. The Bertz CT molecular complexity index is 1060. The number of carbonyl (C=O) groups is 2. The monoisotopic (exact) mass is 457 g/mol. The molecule has 2 unspecified atom stereocenters. The number of rotatable bonds is 6. The van der Waals surface area contributed by atoms with Crippen LogP contribution in [0.4, 0.5) is 0 Å². The SMILES string of the molecule is COc1ccc(C2/C(=C(/O)c3ccc(Cl)cc3)C(=O)C(=O)N2CC2CCCO2)cc1OC. The first-order valence-corrected chi connectivity index (χ1v) is 10.7. The number of aliphatic hydroxyl groups excluding tert-OH is 1. The third kappa shape index (κ3) is 4.06. The number of methoxy groups -OCH3 is 2. The van der Waals surface area contributed by atoms with Crippen LogP contribution in [0.3, 0.4) is 0 Å². The molecular formula is C24H24ClNO6. The number of ketones is 1. The van der Waals surface area contributed by atoms with Gasteiger partial charge in [-0.25, -0.2) is 0 Å². The van der Waals surface area contributed by atoms with Gasteiger partial charge in [-0.1, -0.05) is 17.7 Å². The molecule has 2 atom stereocenters. The van der Waals surface area contributed by atoms with Gasteiger partial charge in [0.05, 0.1) is 31.9 Å². The second-order valence-corrected chi connectivity index (χ2v) is 8.14. The fraction of sp³-hybridized carbons (Fsp3) is 0.333. The largest absolute Gasteiger partial charge is 0.507 e. The van der Waals surface area contributed by atoms with Crippen LogP contribution in [0, 0.1) is 0 Å². The smallest absolute Gasteiger partial charge is 0.295 e. The number of halogens is 1. The number of nitrogens with zero attached hydrogens (tertiary/aromatic N) is 1. The van der Waals surface area contributed by atoms with Crippen molar-refractivity contribution in [2.45, 2.75) is 25.0 Å². The van der Waals surface area contributed by atoms with Crippen molar-refractivity contribution >= 4 is 29.1 Å². The molecule has 32 heavy (non-hydrogen) atoms. The summed E-state index contributed by atoms with van der Waals surface area (Å²) in [5.41, 5.74) is 1.04. The number of likely N-dealkylation sites (tertiary alicyclic amines) is 1. The molecule has 2 aromatic carbocycles. The number of aliphatic hydroxyl groups is 1. The lowest BCUT2D eigenvalue weighted by Crippen LogP contribution is -2.36. The Hall–Kier alpha value is -3.03. The molecule has 2 heterocycles. The number of carbonyl (C=O) groups excluding carboxylic acids is 2. The number of benzene rings is 2. The lowest BCUT2D eigenvalue weighted by atomic mass is 9.95. The van der Waals surface area contributed by atoms with Crippen molar-refractivity contribution < 1.29 is 28.9 Å². The van der Waals surface area contributed by atoms with Crippen molar-refractivity contribution in [3.05, 3.63) is 64.2 Å². The molecule has 2 aliphatic heterocycles. The number of hydrogen-bond donors (Lipinski definition) is 1. The van der Waals surface area contributed by atoms with E-state index in [-0.39, 0.29) is 24.0 Å². The van der Waals surface area contributed by atoms with Gasteiger partial charge in [0.1, 0.15) is 5.76 Å². The summed E-state index contributed by atoms with van der Waals surface area (Å²) in [6.07, 6.45) is 1.55. The Morgan fingerprint density at radius 3 is 2.47 bits per heavy atom. The summed E-state index contributed by atoms with van der Waals surface area (Å²) in [6, 6.07) is 10.8. The second kappa shape index (κ2) is 9.22. The van der Waals surface area contributed by atoms with Gasteiger partial charge in [0.25, 0.3) is 11.7 Å². The van der Waals surface area contributed by atoms with E-state index >= 15 is 0 Å². The first-order valence-electron chi connectivity index (χ1n) is 10.3. The van der Waals surface area contributed by atoms with Crippen LogP contribution >= 0.6 is 11.6 Å². The van der Waals surface area contributed by atoms with Crippen LogP contribution < -0.4 is 9.47 Å². The minimum atomic E-state index is -0.797. The number of ether oxygens (including phenoxy) is 3. The van der Waals surface area contributed by atoms with Crippen molar-refractivity contribution in [3.63, 3.8) is 0 Å². The van der Waals surface area contributed by atoms with Gasteiger partial charge in [-0.3, -0.25) is 9.59 Å². The van der Waals surface area contributed by atoms with Crippen molar-refractivity contribution in [3.8, 4) is 11.5 Å². The predicted octanol–water partition coefficient (Wildman–Crippen LogP) is 3.96. The van der Waals surface area contributed by atoms with Crippen molar-refractivity contribution in [2.75, 3.05) is 27.4 Å². The third-order valence-electron chi connectivity index (χ3n) is 5.81. The Kier molecular flexibility index (Phi) is 6.39. The fourth-order valence-corrected chi connectivity index (χ4v) is 4.33. The van der Waals surface area contributed by atoms with Crippen LogP contribution in [0.5, 0.6) is 11.5 Å². The van der Waals surface area contributed by atoms with Gasteiger partial charge in [-0.05, 0) is 54.8 Å². The lowest BCUT2D eigenvalue weighted by Gasteiger charge is -2.28. The zero-order valence-corrected chi connectivity index (χ0v) is 18.6. The molecule has 0 spiro atoms. The number of hydrogen-bond acceptors (Lipinski definition) is 6. The summed E-state index contributed by atoms with van der Waals surface area (Å²) in [7, 11) is 3.04. The standard InChI is InChI=1S/C24H24ClNO6/c1-30-18-10-7-15(12-19(18)31-2)21-20(22(27)14-5-8-16(25)9-6-14)23(28)24(29)26(21)13-17-4-3-11-32-17/h5-10,12,17,21,27H,3-4,11,13H2,1-2H3/b22-20-. The maximum atomic E-state index is 13.1. The van der Waals surface area contributed by atoms with E-state index in [9.17, 15) is 14.7 Å². The summed E-state index contributed by atoms with van der Waals surface area (Å²) in [6.45, 7) is 0.876. The van der Waals surface area contributed by atoms with Crippen molar-refractivity contribution in [2.24, 2.45) is 0 Å². The summed E-state index contributed by atoms with van der Waals surface area (Å²) in [4.78, 5) is 27.6. The number of Topliss-reactive ketones (excluding diaryl/α,β-unsaturated/α-hetero) is 1. The zero-order chi connectivity index (χ0) is 22.8. The second-order valence-electron chi connectivity index (χ2n) is 7.71. The average molecular weight is 458 g/mol. The van der Waals surface area contributed by atoms with E-state index in [1.54, 1.807) is 42.5 Å². The molecule has 2 aromatic rings. The first kappa shape index (κ1) is 22.2. The van der Waals surface area contributed by atoms with Crippen LogP contribution in [-0.4, -0.2) is 55.2 Å². The first-order chi connectivity index (χ1) is 15.4. The fourth-order valence-electron chi connectivity index (χ4n) is 4.21. The summed E-state index contributed by atoms with van der Waals surface area (Å²) >= 11 is 5.97. The molecule has 2 fully saturated rings. The quantitative estimate of drug-likeness (QED) is 0.401. The molecule has 0 bridgehead atoms. The normalized spacial score (nSPS) is 22.4. The highest BCUT2D eigenvalue weighted by atomic mass is 35.5. The molecular weight excluding hydrogens is 434 g/mol. The minimum Gasteiger partial charge on any atom is -0.507 e. The molecule has 1 N–H and O–H groups in total. The van der Waals surface area contributed by atoms with E-state index in [0.29, 0.717) is 34.3 Å². The van der Waals surface area contributed by atoms with E-state index < -0.39 is 17.7 Å². The summed E-state index contributed by atoms with van der Waals surface area (Å²) < 4.78 is 16.5. The van der Waals surface area contributed by atoms with E-state index in [4.69, 9.17) is 25.8 Å². The highest BCUT2D eigenvalue weighted by molar-refractivity contribution is 6.46. The van der Waals surface area contributed by atoms with Crippen molar-refractivity contribution in [1.82, 2.24) is 4.90 Å². The topological polar surface area (TPSA) is 85.3 Å². The highest BCUT2D eigenvalue weighted by Gasteiger charge is 2.47. The summed E-state index contributed by atoms with van der Waals surface area (Å²) in [5.74, 6) is -0.690. The molecule has 0 radical (unpaired) electrons. The molecule has 7 nitrogen and oxygen atoms in total. The zero-order valence-electron chi connectivity index (χ0n) is 17.8. The van der Waals surface area contributed by atoms with E-state index in [0.717, 1.165) is 12.8 Å². The molecule has 0 aromatic heterocycles. The Balaban J connectivity index is 1.85. The van der Waals surface area contributed by atoms with E-state index in [1.807, 2.05) is 0 Å². The van der Waals surface area contributed by atoms with Crippen LogP contribution in [-0.2, 0) is 14.3 Å². The van der Waals surface area contributed by atoms with Gasteiger partial charge in [-0.2, -0.15) is 0 Å².